The molecular formula is C27H38N6O4S. The second-order valence-electron chi connectivity index (χ2n) is 11.0. The number of guanidine groups is 1. The Hall–Kier alpha value is -2.76. The fourth-order valence-electron chi connectivity index (χ4n) is 5.02. The molecule has 4 heterocycles. The number of morpholine rings is 1. The van der Waals surface area contributed by atoms with E-state index >= 15 is 0 Å². The maximum absolute atomic E-state index is 12.8. The highest BCUT2D eigenvalue weighted by Gasteiger charge is 2.38. The predicted molar refractivity (Wildman–Crippen MR) is 149 cm³/mol. The summed E-state index contributed by atoms with van der Waals surface area (Å²) in [5, 5.41) is 4.46. The summed E-state index contributed by atoms with van der Waals surface area (Å²) in [4.78, 5) is 31.9. The molecule has 11 heteroatoms. The van der Waals surface area contributed by atoms with E-state index in [0.717, 1.165) is 53.0 Å². The monoisotopic (exact) mass is 542 g/mol. The quantitative estimate of drug-likeness (QED) is 0.630. The Morgan fingerprint density at radius 2 is 2.03 bits per heavy atom. The third kappa shape index (κ3) is 5.94. The van der Waals surface area contributed by atoms with E-state index in [0.29, 0.717) is 26.3 Å². The molecule has 1 N–H and O–H groups in total. The lowest BCUT2D eigenvalue weighted by Crippen LogP contribution is -2.55. The number of carbonyl (C=O) groups is 1. The van der Waals surface area contributed by atoms with Gasteiger partial charge in [-0.2, -0.15) is 0 Å². The molecular weight excluding hydrogens is 504 g/mol. The lowest BCUT2D eigenvalue weighted by molar-refractivity contribution is 0.0200. The number of methoxy groups -OCH3 is 1. The molecule has 1 amide bonds. The van der Waals surface area contributed by atoms with Gasteiger partial charge in [-0.05, 0) is 52.2 Å². The van der Waals surface area contributed by atoms with E-state index < -0.39 is 11.8 Å². The van der Waals surface area contributed by atoms with Gasteiger partial charge in [0.25, 0.3) is 0 Å². The summed E-state index contributed by atoms with van der Waals surface area (Å²) in [6.07, 6.45) is 0.989. The molecule has 206 valence electrons. The molecule has 2 fully saturated rings. The van der Waals surface area contributed by atoms with Crippen molar-refractivity contribution in [3.63, 3.8) is 0 Å². The van der Waals surface area contributed by atoms with Gasteiger partial charge in [-0.25, -0.2) is 14.8 Å². The van der Waals surface area contributed by atoms with E-state index in [1.165, 1.54) is 5.56 Å². The number of hydrogen-bond acceptors (Lipinski definition) is 9. The third-order valence-corrected chi connectivity index (χ3v) is 8.18. The molecule has 2 saturated heterocycles. The number of fused-ring (bicyclic) bond motifs is 1. The standard InChI is InChI=1S/C27H38N6O4S/c1-17-8-6-10-19-21(17)38-24(29-19)20-22(30-25(31-23(20)35-5)32-12-14-36-15-13-32)28-18-9-7-11-33(16-18)26(34)37-27(2,3)4/h6,8,10,18,20,23H,7,9,11-16H2,1-5H3,(H,28,30,31)/t18-,20?,23?/m1/s1. The molecule has 0 spiro atoms. The Balaban J connectivity index is 1.48. The van der Waals surface area contributed by atoms with Crippen LogP contribution in [0.2, 0.25) is 0 Å². The zero-order chi connectivity index (χ0) is 26.9. The van der Waals surface area contributed by atoms with Crippen molar-refractivity contribution >= 4 is 39.4 Å². The van der Waals surface area contributed by atoms with Crippen LogP contribution in [0.3, 0.4) is 0 Å². The van der Waals surface area contributed by atoms with Crippen LogP contribution < -0.4 is 5.32 Å². The Morgan fingerprint density at radius 3 is 2.74 bits per heavy atom. The maximum Gasteiger partial charge on any atom is 0.410 e. The Bertz CT molecular complexity index is 1220. The summed E-state index contributed by atoms with van der Waals surface area (Å²) in [5.41, 5.74) is 1.63. The van der Waals surface area contributed by atoms with Crippen LogP contribution in [-0.2, 0) is 14.2 Å². The summed E-state index contributed by atoms with van der Waals surface area (Å²) in [5.74, 6) is 1.24. The number of amides is 1. The van der Waals surface area contributed by atoms with Gasteiger partial charge < -0.3 is 29.3 Å². The molecule has 3 atom stereocenters. The maximum atomic E-state index is 12.8. The summed E-state index contributed by atoms with van der Waals surface area (Å²) in [6, 6.07) is 6.11. The SMILES string of the molecule is COC1N=C(N2CCOCC2)NC(=N[C@@H]2CCCN(C(=O)OC(C)(C)C)C2)C1c1nc2cccc(C)c2s1. The minimum Gasteiger partial charge on any atom is -0.444 e. The fourth-order valence-corrected chi connectivity index (χ4v) is 6.17. The summed E-state index contributed by atoms with van der Waals surface area (Å²) >= 11 is 1.66. The van der Waals surface area contributed by atoms with Gasteiger partial charge in [0, 0.05) is 33.3 Å². The molecule has 0 bridgehead atoms. The molecule has 0 saturated carbocycles. The molecule has 3 aliphatic heterocycles. The first kappa shape index (κ1) is 26.8. The zero-order valence-corrected chi connectivity index (χ0v) is 23.7. The Labute approximate surface area is 228 Å². The fraction of sp³-hybridized carbons (Fsp3) is 0.630. The summed E-state index contributed by atoms with van der Waals surface area (Å²) in [6.45, 7) is 11.7. The average molecular weight is 543 g/mol. The zero-order valence-electron chi connectivity index (χ0n) is 22.9. The molecule has 1 aromatic carbocycles. The Kier molecular flexibility index (Phi) is 7.88. The van der Waals surface area contributed by atoms with E-state index in [9.17, 15) is 4.79 Å². The molecule has 2 aromatic rings. The van der Waals surface area contributed by atoms with Gasteiger partial charge in [0.15, 0.2) is 6.23 Å². The van der Waals surface area contributed by atoms with Gasteiger partial charge in [-0.15, -0.1) is 11.3 Å². The van der Waals surface area contributed by atoms with E-state index in [4.69, 9.17) is 29.2 Å². The van der Waals surface area contributed by atoms with Crippen molar-refractivity contribution in [3.05, 3.63) is 28.8 Å². The number of ether oxygens (including phenoxy) is 3. The molecule has 0 aliphatic carbocycles. The number of piperidine rings is 1. The predicted octanol–water partition coefficient (Wildman–Crippen LogP) is 3.75. The number of aliphatic imine (C=N–C) groups is 2. The van der Waals surface area contributed by atoms with Crippen molar-refractivity contribution in [1.29, 1.82) is 0 Å². The number of amidine groups is 1. The summed E-state index contributed by atoms with van der Waals surface area (Å²) in [7, 11) is 1.68. The van der Waals surface area contributed by atoms with Crippen LogP contribution in [0.4, 0.5) is 4.79 Å². The minimum atomic E-state index is -0.536. The van der Waals surface area contributed by atoms with Gasteiger partial charge in [-0.3, -0.25) is 4.99 Å². The van der Waals surface area contributed by atoms with Gasteiger partial charge in [0.05, 0.1) is 29.5 Å². The molecule has 5 rings (SSSR count). The first-order chi connectivity index (χ1) is 18.2. The molecule has 10 nitrogen and oxygen atoms in total. The first-order valence-electron chi connectivity index (χ1n) is 13.3. The highest BCUT2D eigenvalue weighted by molar-refractivity contribution is 7.19. The van der Waals surface area contributed by atoms with Gasteiger partial charge in [0.1, 0.15) is 22.4 Å². The number of nitrogens with one attached hydrogen (secondary N) is 1. The van der Waals surface area contributed by atoms with Crippen LogP contribution in [0.1, 0.15) is 50.1 Å². The van der Waals surface area contributed by atoms with Gasteiger partial charge in [0.2, 0.25) is 5.96 Å². The lowest BCUT2D eigenvalue weighted by Gasteiger charge is -2.37. The average Bonchev–Trinajstić information content (AvgIpc) is 3.33. The number of aromatic nitrogens is 1. The van der Waals surface area contributed by atoms with Crippen molar-refractivity contribution in [1.82, 2.24) is 20.1 Å². The third-order valence-electron chi connectivity index (χ3n) is 6.89. The van der Waals surface area contributed by atoms with E-state index in [-0.39, 0.29) is 18.1 Å². The van der Waals surface area contributed by atoms with Crippen molar-refractivity contribution in [3.8, 4) is 0 Å². The Morgan fingerprint density at radius 1 is 1.24 bits per heavy atom. The second-order valence-corrected chi connectivity index (χ2v) is 12.0. The topological polar surface area (TPSA) is 101 Å². The van der Waals surface area contributed by atoms with Crippen LogP contribution >= 0.6 is 11.3 Å². The smallest absolute Gasteiger partial charge is 0.410 e. The molecule has 2 unspecified atom stereocenters. The molecule has 1 aromatic heterocycles. The van der Waals surface area contributed by atoms with E-state index in [1.807, 2.05) is 32.9 Å². The molecule has 3 aliphatic rings. The van der Waals surface area contributed by atoms with Crippen LogP contribution in [0.25, 0.3) is 10.2 Å². The largest absolute Gasteiger partial charge is 0.444 e. The van der Waals surface area contributed by atoms with Crippen molar-refractivity contribution in [2.45, 2.75) is 64.3 Å². The molecule has 0 radical (unpaired) electrons. The highest BCUT2D eigenvalue weighted by atomic mass is 32.1. The van der Waals surface area contributed by atoms with Crippen LogP contribution in [0.5, 0.6) is 0 Å². The first-order valence-corrected chi connectivity index (χ1v) is 14.2. The molecule has 38 heavy (non-hydrogen) atoms. The highest BCUT2D eigenvalue weighted by Crippen LogP contribution is 2.35. The van der Waals surface area contributed by atoms with Crippen LogP contribution in [0, 0.1) is 6.92 Å². The number of aryl methyl sites for hydroxylation is 1. The number of likely N-dealkylation sites (tertiary alicyclic amines) is 1. The lowest BCUT2D eigenvalue weighted by atomic mass is 10.0. The van der Waals surface area contributed by atoms with Crippen molar-refractivity contribution < 1.29 is 19.0 Å². The van der Waals surface area contributed by atoms with Crippen molar-refractivity contribution in [2.75, 3.05) is 46.5 Å². The van der Waals surface area contributed by atoms with Crippen molar-refractivity contribution in [2.24, 2.45) is 9.98 Å². The van der Waals surface area contributed by atoms with Crippen LogP contribution in [0.15, 0.2) is 28.2 Å². The number of hydrogen-bond donors (Lipinski definition) is 1. The normalized spacial score (nSPS) is 25.9. The second kappa shape index (κ2) is 11.2. The number of thiazole rings is 1. The van der Waals surface area contributed by atoms with Crippen LogP contribution in [-0.4, -0.2) is 97.0 Å². The minimum absolute atomic E-state index is 0.0704. The summed E-state index contributed by atoms with van der Waals surface area (Å²) < 4.78 is 18.3. The van der Waals surface area contributed by atoms with Gasteiger partial charge >= 0.3 is 6.09 Å². The van der Waals surface area contributed by atoms with E-state index in [1.54, 1.807) is 23.3 Å². The number of carbonyl (C=O) groups excluding carboxylic acids is 1. The van der Waals surface area contributed by atoms with Gasteiger partial charge in [-0.1, -0.05) is 12.1 Å². The number of benzene rings is 1. The number of rotatable bonds is 3. The van der Waals surface area contributed by atoms with E-state index in [2.05, 4.69) is 23.2 Å². The number of nitrogens with zero attached hydrogens (tertiary/aromatic N) is 5.